The van der Waals surface area contributed by atoms with E-state index in [-0.39, 0.29) is 4.75 Å². The maximum Gasteiger partial charge on any atom is 0.109 e. The molecule has 0 unspecified atom stereocenters. The molecule has 1 nitrogen and oxygen atoms in total. The molecule has 0 aromatic heterocycles. The van der Waals surface area contributed by atoms with Gasteiger partial charge in [0.15, 0.2) is 0 Å². The zero-order valence-corrected chi connectivity index (χ0v) is 12.3. The van der Waals surface area contributed by atoms with Crippen molar-refractivity contribution < 1.29 is 0 Å². The van der Waals surface area contributed by atoms with E-state index in [1.165, 1.54) is 11.1 Å². The van der Waals surface area contributed by atoms with E-state index in [1.807, 2.05) is 11.8 Å². The van der Waals surface area contributed by atoms with Crippen molar-refractivity contribution in [2.75, 3.05) is 0 Å². The van der Waals surface area contributed by atoms with Crippen molar-refractivity contribution in [2.24, 2.45) is 11.8 Å². The van der Waals surface area contributed by atoms with Crippen LogP contribution in [0.4, 0.5) is 0 Å². The van der Waals surface area contributed by atoms with Gasteiger partial charge in [-0.2, -0.15) is 5.26 Å². The van der Waals surface area contributed by atoms with E-state index >= 15 is 0 Å². The van der Waals surface area contributed by atoms with Gasteiger partial charge in [-0.3, -0.25) is 0 Å². The molecule has 0 radical (unpaired) electrons. The first-order chi connectivity index (χ1) is 9.14. The van der Waals surface area contributed by atoms with E-state index in [0.717, 1.165) is 12.8 Å². The molecular weight excluding hydrogens is 250 g/mol. The summed E-state index contributed by atoms with van der Waals surface area (Å²) >= 11 is 1.86. The van der Waals surface area contributed by atoms with E-state index in [1.54, 1.807) is 0 Å². The molecule has 2 aliphatic rings. The molecule has 0 spiro atoms. The van der Waals surface area contributed by atoms with Gasteiger partial charge in [-0.25, -0.2) is 0 Å². The van der Waals surface area contributed by atoms with Crippen molar-refractivity contribution in [3.63, 3.8) is 0 Å². The second kappa shape index (κ2) is 4.72. The minimum Gasteiger partial charge on any atom is -0.197 e. The van der Waals surface area contributed by atoms with Crippen LogP contribution in [-0.4, -0.2) is 10.00 Å². The van der Waals surface area contributed by atoms with Gasteiger partial charge in [0, 0.05) is 11.2 Å². The maximum atomic E-state index is 9.64. The quantitative estimate of drug-likeness (QED) is 0.806. The van der Waals surface area contributed by atoms with Crippen LogP contribution in [0, 0.1) is 23.2 Å². The number of hydrogen-bond donors (Lipinski definition) is 0. The number of rotatable bonds is 3. The summed E-state index contributed by atoms with van der Waals surface area (Å²) in [5.74, 6) is 1.02. The molecule has 1 saturated carbocycles. The highest BCUT2D eigenvalue weighted by molar-refractivity contribution is 8.01. The molecule has 3 rings (SSSR count). The monoisotopic (exact) mass is 269 g/mol. The largest absolute Gasteiger partial charge is 0.197 e. The lowest BCUT2D eigenvalue weighted by Crippen LogP contribution is -2.30. The summed E-state index contributed by atoms with van der Waals surface area (Å²) in [6, 6.07) is 13.3. The molecule has 1 aromatic carbocycles. The van der Waals surface area contributed by atoms with Crippen LogP contribution in [0.2, 0.25) is 0 Å². The standard InChI is InChI=1S/C17H19NS/c1-12(2)19-17(11-18)10-14-8-15(17)9-16(14)13-6-4-3-5-7-13/h3-7,9,12,14-15H,8,10H2,1-2H3/t14-,15-,17-/m0/s1. The Morgan fingerprint density at radius 3 is 2.58 bits per heavy atom. The van der Waals surface area contributed by atoms with Gasteiger partial charge in [-0.15, -0.1) is 11.8 Å². The normalized spacial score (nSPS) is 32.4. The summed E-state index contributed by atoms with van der Waals surface area (Å²) in [5, 5.41) is 10.2. The summed E-state index contributed by atoms with van der Waals surface area (Å²) in [6.07, 6.45) is 4.57. The number of fused-ring (bicyclic) bond motifs is 2. The van der Waals surface area contributed by atoms with Gasteiger partial charge in [0.1, 0.15) is 4.75 Å². The number of allylic oxidation sites excluding steroid dienone is 2. The summed E-state index contributed by atoms with van der Waals surface area (Å²) in [6.45, 7) is 4.38. The first-order valence-corrected chi connectivity index (χ1v) is 7.89. The van der Waals surface area contributed by atoms with Crippen molar-refractivity contribution >= 4 is 17.3 Å². The average Bonchev–Trinajstić information content (AvgIpc) is 2.97. The highest BCUT2D eigenvalue weighted by Crippen LogP contribution is 2.58. The number of benzene rings is 1. The van der Waals surface area contributed by atoms with Crippen molar-refractivity contribution in [3.8, 4) is 6.07 Å². The fourth-order valence-corrected chi connectivity index (χ4v) is 5.09. The van der Waals surface area contributed by atoms with Crippen LogP contribution in [-0.2, 0) is 0 Å². The Bertz CT molecular complexity index is 540. The van der Waals surface area contributed by atoms with Crippen molar-refractivity contribution in [3.05, 3.63) is 42.0 Å². The van der Waals surface area contributed by atoms with Crippen LogP contribution in [0.3, 0.4) is 0 Å². The first-order valence-electron chi connectivity index (χ1n) is 7.01. The third-order valence-corrected chi connectivity index (χ3v) is 5.70. The van der Waals surface area contributed by atoms with Crippen LogP contribution < -0.4 is 0 Å². The van der Waals surface area contributed by atoms with Gasteiger partial charge in [0.05, 0.1) is 6.07 Å². The first kappa shape index (κ1) is 12.8. The molecule has 19 heavy (non-hydrogen) atoms. The topological polar surface area (TPSA) is 23.8 Å². The van der Waals surface area contributed by atoms with Crippen LogP contribution in [0.5, 0.6) is 0 Å². The predicted octanol–water partition coefficient (Wildman–Crippen LogP) is 4.51. The van der Waals surface area contributed by atoms with Crippen LogP contribution in [0.15, 0.2) is 36.4 Å². The van der Waals surface area contributed by atoms with E-state index in [2.05, 4.69) is 56.3 Å². The lowest BCUT2D eigenvalue weighted by atomic mass is 9.86. The molecule has 2 aliphatic carbocycles. The van der Waals surface area contributed by atoms with E-state index in [4.69, 9.17) is 0 Å². The van der Waals surface area contributed by atoms with Crippen LogP contribution in [0.1, 0.15) is 32.3 Å². The zero-order chi connectivity index (χ0) is 13.5. The Morgan fingerprint density at radius 2 is 2.05 bits per heavy atom. The number of nitriles is 1. The molecule has 0 aliphatic heterocycles. The lowest BCUT2D eigenvalue weighted by Gasteiger charge is -2.31. The fraction of sp³-hybridized carbons (Fsp3) is 0.471. The van der Waals surface area contributed by atoms with Crippen molar-refractivity contribution in [1.29, 1.82) is 5.26 Å². The number of nitrogens with zero attached hydrogens (tertiary/aromatic N) is 1. The zero-order valence-electron chi connectivity index (χ0n) is 11.5. The van der Waals surface area contributed by atoms with Crippen LogP contribution in [0.25, 0.3) is 5.57 Å². The summed E-state index contributed by atoms with van der Waals surface area (Å²) < 4.78 is -0.170. The minimum absolute atomic E-state index is 0.170. The molecule has 0 amide bonds. The Balaban J connectivity index is 1.90. The Hall–Kier alpha value is -1.20. The van der Waals surface area contributed by atoms with Gasteiger partial charge < -0.3 is 0 Å². The van der Waals surface area contributed by atoms with Gasteiger partial charge in [-0.1, -0.05) is 50.3 Å². The molecule has 2 heteroatoms. The van der Waals surface area contributed by atoms with Gasteiger partial charge in [0.2, 0.25) is 0 Å². The molecule has 0 saturated heterocycles. The molecule has 98 valence electrons. The second-order valence-electron chi connectivity index (χ2n) is 5.90. The SMILES string of the molecule is CC(C)S[C@]1(C#N)C[C@@H]2C[C@H]1C=C2c1ccccc1. The van der Waals surface area contributed by atoms with Gasteiger partial charge in [-0.05, 0) is 29.9 Å². The number of hydrogen-bond acceptors (Lipinski definition) is 2. The molecule has 0 heterocycles. The van der Waals surface area contributed by atoms with Crippen LogP contribution >= 0.6 is 11.8 Å². The third-order valence-electron chi connectivity index (χ3n) is 4.25. The van der Waals surface area contributed by atoms with Crippen molar-refractivity contribution in [2.45, 2.75) is 36.7 Å². The Kier molecular flexibility index (Phi) is 3.19. The molecule has 2 bridgehead atoms. The average molecular weight is 269 g/mol. The lowest BCUT2D eigenvalue weighted by molar-refractivity contribution is 0.614. The van der Waals surface area contributed by atoms with Gasteiger partial charge >= 0.3 is 0 Å². The molecule has 3 atom stereocenters. The molecular formula is C17H19NS. The summed E-state index contributed by atoms with van der Waals surface area (Å²) in [4.78, 5) is 0. The second-order valence-corrected chi connectivity index (χ2v) is 7.81. The smallest absolute Gasteiger partial charge is 0.109 e. The highest BCUT2D eigenvalue weighted by atomic mass is 32.2. The van der Waals surface area contributed by atoms with Crippen molar-refractivity contribution in [1.82, 2.24) is 0 Å². The van der Waals surface area contributed by atoms with E-state index in [0.29, 0.717) is 17.1 Å². The highest BCUT2D eigenvalue weighted by Gasteiger charge is 2.52. The fourth-order valence-electron chi connectivity index (χ4n) is 3.56. The summed E-state index contributed by atoms with van der Waals surface area (Å²) in [7, 11) is 0. The van der Waals surface area contributed by atoms with E-state index < -0.39 is 0 Å². The summed E-state index contributed by atoms with van der Waals surface area (Å²) in [5.41, 5.74) is 2.82. The van der Waals surface area contributed by atoms with E-state index in [9.17, 15) is 5.26 Å². The minimum atomic E-state index is -0.170. The molecule has 1 aromatic rings. The van der Waals surface area contributed by atoms with Gasteiger partial charge in [0.25, 0.3) is 0 Å². The Morgan fingerprint density at radius 1 is 1.32 bits per heavy atom. The Labute approximate surface area is 119 Å². The third kappa shape index (κ3) is 2.11. The molecule has 0 N–H and O–H groups in total. The molecule has 1 fully saturated rings. The number of thioether (sulfide) groups is 1. The maximum absolute atomic E-state index is 9.64. The predicted molar refractivity (Wildman–Crippen MR) is 81.7 cm³/mol.